The molecular weight excluding hydrogens is 131 g/mol. The average molecular weight is 135 g/mol. The fourth-order valence-corrected chi connectivity index (χ4v) is 0.232. The van der Waals surface area contributed by atoms with Crippen molar-refractivity contribution in [2.75, 3.05) is 0 Å². The topological polar surface area (TPSA) is 84.1 Å². The van der Waals surface area contributed by atoms with Crippen molar-refractivity contribution in [1.82, 2.24) is 0 Å². The molecule has 0 aromatic carbocycles. The van der Waals surface area contributed by atoms with E-state index < -0.39 is 15.9 Å². The van der Waals surface area contributed by atoms with Crippen LogP contribution in [-0.2, 0) is 17.2 Å². The molecule has 0 aliphatic rings. The molecule has 5 nitrogen and oxygen atoms in total. The summed E-state index contributed by atoms with van der Waals surface area (Å²) in [6, 6.07) is 0. The van der Waals surface area contributed by atoms with Crippen LogP contribution in [0.3, 0.4) is 0 Å². The van der Waals surface area contributed by atoms with Gasteiger partial charge in [0.1, 0.15) is 0 Å². The number of carbonyl (C=O) groups is 2. The van der Waals surface area contributed by atoms with Gasteiger partial charge in [0.2, 0.25) is 0 Å². The lowest BCUT2D eigenvalue weighted by atomic mass is 11.7. The first-order chi connectivity index (χ1) is 3.41. The van der Waals surface area contributed by atoms with E-state index in [4.69, 9.17) is 0 Å². The molecule has 0 amide bonds. The molecule has 0 saturated carbocycles. The van der Waals surface area contributed by atoms with Gasteiger partial charge in [0.15, 0.2) is 0 Å². The molecule has 2 N–H and O–H groups in total. The maximum absolute atomic E-state index is 9.28. The Morgan fingerprint density at radius 2 is 1.50 bits per heavy atom. The van der Waals surface area contributed by atoms with Gasteiger partial charge >= 0.3 is 15.9 Å². The zero-order valence-corrected chi connectivity index (χ0v) is 5.02. The number of carbonyl (C=O) groups excluding carboxylic acids is 2. The number of rotatable bonds is 4. The van der Waals surface area contributed by atoms with Crippen LogP contribution in [0.25, 0.3) is 0 Å². The van der Waals surface area contributed by atoms with E-state index in [1.165, 1.54) is 0 Å². The molecular formula is C2H4AlO5. The lowest BCUT2D eigenvalue weighted by Gasteiger charge is -1.87. The third kappa shape index (κ3) is 9.06. The zero-order valence-electron chi connectivity index (χ0n) is 3.87. The Kier molecular flexibility index (Phi) is 12.6. The molecule has 0 unspecified atom stereocenters. The molecule has 0 bridgehead atoms. The van der Waals surface area contributed by atoms with Crippen LogP contribution in [0.4, 0.5) is 0 Å². The molecule has 0 heterocycles. The van der Waals surface area contributed by atoms with Gasteiger partial charge in [0, 0.05) is 0 Å². The summed E-state index contributed by atoms with van der Waals surface area (Å²) in [5, 5.41) is 0. The third-order valence-electron chi connectivity index (χ3n) is 0.222. The summed E-state index contributed by atoms with van der Waals surface area (Å²) in [6.45, 7) is 0.470. The van der Waals surface area contributed by atoms with Gasteiger partial charge < -0.3 is 13.1 Å². The van der Waals surface area contributed by atoms with Gasteiger partial charge in [-0.2, -0.15) is 0 Å². The maximum atomic E-state index is 9.28. The van der Waals surface area contributed by atoms with Gasteiger partial charge in [0.25, 0.3) is 12.9 Å². The van der Waals surface area contributed by atoms with Gasteiger partial charge in [0.05, 0.1) is 0 Å². The fourth-order valence-electron chi connectivity index (χ4n) is 0.0774. The molecule has 0 atom stereocenters. The van der Waals surface area contributed by atoms with Crippen LogP contribution in [0.15, 0.2) is 0 Å². The van der Waals surface area contributed by atoms with Crippen molar-refractivity contribution in [1.29, 1.82) is 0 Å². The minimum Gasteiger partial charge on any atom is -0.592 e. The van der Waals surface area contributed by atoms with Crippen LogP contribution < -0.4 is 0 Å². The monoisotopic (exact) mass is 135 g/mol. The minimum atomic E-state index is -0.914. The van der Waals surface area contributed by atoms with Crippen LogP contribution in [0, 0.1) is 0 Å². The third-order valence-corrected chi connectivity index (χ3v) is 0.667. The molecule has 0 aromatic heterocycles. The van der Waals surface area contributed by atoms with Crippen molar-refractivity contribution >= 4 is 28.8 Å². The summed E-state index contributed by atoms with van der Waals surface area (Å²) in [5.74, 6) is 0. The summed E-state index contributed by atoms with van der Waals surface area (Å²) in [5.41, 5.74) is 0. The van der Waals surface area contributed by atoms with Crippen molar-refractivity contribution in [3.05, 3.63) is 0 Å². The second-order valence-corrected chi connectivity index (χ2v) is 1.30. The molecule has 0 aliphatic heterocycles. The molecule has 0 spiro atoms. The molecule has 0 saturated heterocycles. The smallest absolute Gasteiger partial charge is 0.592 e. The molecule has 6 heteroatoms. The summed E-state index contributed by atoms with van der Waals surface area (Å²) in [7, 11) is 0. The van der Waals surface area contributed by atoms with Gasteiger partial charge in [-0.05, 0) is 0 Å². The average Bonchev–Trinajstić information content (AvgIpc) is 1.69. The van der Waals surface area contributed by atoms with Crippen LogP contribution in [0.1, 0.15) is 0 Å². The molecule has 1 radical (unpaired) electrons. The normalized spacial score (nSPS) is 5.50. The molecule has 0 fully saturated rings. The van der Waals surface area contributed by atoms with E-state index in [1.807, 2.05) is 0 Å². The highest BCUT2D eigenvalue weighted by molar-refractivity contribution is 6.22. The predicted octanol–water partition coefficient (Wildman–Crippen LogP) is -1.96. The van der Waals surface area contributed by atoms with Crippen molar-refractivity contribution in [2.45, 2.75) is 0 Å². The molecule has 8 heavy (non-hydrogen) atoms. The van der Waals surface area contributed by atoms with E-state index in [2.05, 4.69) is 7.58 Å². The molecule has 45 valence electrons. The van der Waals surface area contributed by atoms with Crippen molar-refractivity contribution < 1.29 is 22.6 Å². The molecule has 0 aliphatic carbocycles. The Bertz CT molecular complexity index is 55.4. The first kappa shape index (κ1) is 10.4. The van der Waals surface area contributed by atoms with Crippen molar-refractivity contribution in [3.63, 3.8) is 0 Å². The summed E-state index contributed by atoms with van der Waals surface area (Å²) in [6.07, 6.45) is 0. The van der Waals surface area contributed by atoms with Crippen LogP contribution in [0.5, 0.6) is 0 Å². The van der Waals surface area contributed by atoms with E-state index in [-0.39, 0.29) is 18.4 Å². The molecule has 0 rings (SSSR count). The Morgan fingerprint density at radius 3 is 1.75 bits per heavy atom. The number of hydrogen-bond donors (Lipinski definition) is 0. The first-order valence-electron chi connectivity index (χ1n) is 1.41. The Hall–Kier alpha value is -0.568. The van der Waals surface area contributed by atoms with Gasteiger partial charge in [-0.15, -0.1) is 0 Å². The lowest BCUT2D eigenvalue weighted by Crippen LogP contribution is -2.00. The van der Waals surface area contributed by atoms with E-state index in [1.54, 1.807) is 0 Å². The summed E-state index contributed by atoms with van der Waals surface area (Å²) < 4.78 is 8.05. The van der Waals surface area contributed by atoms with E-state index in [0.717, 1.165) is 0 Å². The van der Waals surface area contributed by atoms with Crippen LogP contribution >= 0.6 is 0 Å². The standard InChI is InChI=1S/2CH2O2.Al.H2O/c2*2-1-3;;/h2*1H,(H,2,3);;1H2/q;;+2;/p-2. The second kappa shape index (κ2) is 9.66. The van der Waals surface area contributed by atoms with Gasteiger partial charge in [-0.25, -0.2) is 0 Å². The van der Waals surface area contributed by atoms with E-state index in [9.17, 15) is 9.59 Å². The second-order valence-electron chi connectivity index (χ2n) is 0.561. The SMILES string of the molecule is O.O=C[O][Al][O]C=O. The highest BCUT2D eigenvalue weighted by Crippen LogP contribution is 1.59. The highest BCUT2D eigenvalue weighted by atomic mass is 27.2. The first-order valence-corrected chi connectivity index (χ1v) is 2.36. The predicted molar refractivity (Wildman–Crippen MR) is 23.7 cm³/mol. The minimum absolute atomic E-state index is 0. The quantitative estimate of drug-likeness (QED) is 0.254. The Labute approximate surface area is 52.3 Å². The van der Waals surface area contributed by atoms with E-state index >= 15 is 0 Å². The van der Waals surface area contributed by atoms with Crippen molar-refractivity contribution in [3.8, 4) is 0 Å². The van der Waals surface area contributed by atoms with Gasteiger partial charge in [-0.3, -0.25) is 9.59 Å². The van der Waals surface area contributed by atoms with Crippen LogP contribution in [-0.4, -0.2) is 34.3 Å². The fraction of sp³-hybridized carbons (Fsp3) is 0. The summed E-state index contributed by atoms with van der Waals surface area (Å²) in [4.78, 5) is 18.6. The lowest BCUT2D eigenvalue weighted by molar-refractivity contribution is -0.124. The highest BCUT2D eigenvalue weighted by Gasteiger charge is 1.96. The van der Waals surface area contributed by atoms with Gasteiger partial charge in [-0.1, -0.05) is 0 Å². The molecule has 0 aromatic rings. The Morgan fingerprint density at radius 1 is 1.12 bits per heavy atom. The summed E-state index contributed by atoms with van der Waals surface area (Å²) >= 11 is -0.914. The van der Waals surface area contributed by atoms with Crippen molar-refractivity contribution in [2.24, 2.45) is 0 Å². The maximum Gasteiger partial charge on any atom is 0.885 e. The largest absolute Gasteiger partial charge is 0.885 e. The van der Waals surface area contributed by atoms with E-state index in [0.29, 0.717) is 0 Å². The zero-order chi connectivity index (χ0) is 5.54. The Balaban J connectivity index is 0. The number of hydrogen-bond acceptors (Lipinski definition) is 4. The van der Waals surface area contributed by atoms with Crippen LogP contribution in [0.2, 0.25) is 0 Å².